The van der Waals surface area contributed by atoms with E-state index in [1.807, 2.05) is 41.6 Å². The van der Waals surface area contributed by atoms with Crippen LogP contribution in [0.2, 0.25) is 0 Å². The van der Waals surface area contributed by atoms with Crippen LogP contribution in [0.15, 0.2) is 55.1 Å². The minimum absolute atomic E-state index is 0.0496. The number of benzene rings is 1. The molecule has 0 saturated heterocycles. The van der Waals surface area contributed by atoms with E-state index in [-0.39, 0.29) is 23.8 Å². The summed E-state index contributed by atoms with van der Waals surface area (Å²) in [5.74, 6) is -0.392. The Hall–Kier alpha value is -4.47. The van der Waals surface area contributed by atoms with E-state index >= 15 is 0 Å². The quantitative estimate of drug-likeness (QED) is 0.505. The molecule has 0 radical (unpaired) electrons. The maximum atomic E-state index is 13.4. The van der Waals surface area contributed by atoms with Crippen molar-refractivity contribution < 1.29 is 19.1 Å². The van der Waals surface area contributed by atoms with Gasteiger partial charge in [0.25, 0.3) is 0 Å². The van der Waals surface area contributed by atoms with Gasteiger partial charge in [-0.2, -0.15) is 0 Å². The number of aromatic nitrogens is 3. The van der Waals surface area contributed by atoms with E-state index in [1.54, 1.807) is 36.9 Å². The van der Waals surface area contributed by atoms with E-state index in [1.165, 1.54) is 7.11 Å². The molecule has 2 aromatic heterocycles. The van der Waals surface area contributed by atoms with Crippen LogP contribution in [0.3, 0.4) is 0 Å². The summed E-state index contributed by atoms with van der Waals surface area (Å²) in [5, 5.41) is 5.70. The summed E-state index contributed by atoms with van der Waals surface area (Å²) < 4.78 is 6.63. The lowest BCUT2D eigenvalue weighted by Gasteiger charge is -2.34. The molecular formula is C29H32N6O4. The number of pyridine rings is 1. The van der Waals surface area contributed by atoms with Gasteiger partial charge in [-0.1, -0.05) is 19.4 Å². The van der Waals surface area contributed by atoms with Crippen LogP contribution >= 0.6 is 0 Å². The largest absolute Gasteiger partial charge is 0.453 e. The van der Waals surface area contributed by atoms with Crippen LogP contribution in [0.5, 0.6) is 0 Å². The number of rotatable bonds is 3. The van der Waals surface area contributed by atoms with Crippen LogP contribution in [-0.2, 0) is 21.4 Å². The van der Waals surface area contributed by atoms with Gasteiger partial charge in [-0.25, -0.2) is 9.78 Å². The van der Waals surface area contributed by atoms with E-state index < -0.39 is 6.09 Å². The van der Waals surface area contributed by atoms with Gasteiger partial charge in [0.1, 0.15) is 0 Å². The van der Waals surface area contributed by atoms with Crippen molar-refractivity contribution in [3.05, 3.63) is 66.5 Å². The molecule has 1 aromatic carbocycles. The number of nitrogens with one attached hydrogen (secondary N) is 2. The first kappa shape index (κ1) is 26.1. The lowest BCUT2D eigenvalue weighted by molar-refractivity contribution is -0.129. The highest BCUT2D eigenvalue weighted by atomic mass is 16.5. The van der Waals surface area contributed by atoms with Crippen LogP contribution in [0.25, 0.3) is 16.7 Å². The number of ether oxygens (including phenoxy) is 1. The van der Waals surface area contributed by atoms with E-state index in [0.717, 1.165) is 40.9 Å². The van der Waals surface area contributed by atoms with Gasteiger partial charge in [0.15, 0.2) is 0 Å². The van der Waals surface area contributed by atoms with Gasteiger partial charge >= 0.3 is 6.09 Å². The Balaban J connectivity index is 1.52. The first-order chi connectivity index (χ1) is 18.8. The molecule has 10 nitrogen and oxygen atoms in total. The monoisotopic (exact) mass is 528 g/mol. The van der Waals surface area contributed by atoms with Crippen molar-refractivity contribution >= 4 is 34.9 Å². The number of methoxy groups -OCH3 is 1. The van der Waals surface area contributed by atoms with Gasteiger partial charge in [-0.3, -0.25) is 19.9 Å². The lowest BCUT2D eigenvalue weighted by atomic mass is 9.93. The summed E-state index contributed by atoms with van der Waals surface area (Å²) in [7, 11) is 3.22. The zero-order valence-corrected chi connectivity index (χ0v) is 22.3. The van der Waals surface area contributed by atoms with Crippen LogP contribution in [0, 0.1) is 5.92 Å². The predicted molar refractivity (Wildman–Crippen MR) is 148 cm³/mol. The van der Waals surface area contributed by atoms with Crippen molar-refractivity contribution in [2.75, 3.05) is 24.3 Å². The Morgan fingerprint density at radius 3 is 2.77 bits per heavy atom. The Morgan fingerprint density at radius 1 is 1.18 bits per heavy atom. The molecule has 0 fully saturated rings. The van der Waals surface area contributed by atoms with Gasteiger partial charge in [-0.15, -0.1) is 0 Å². The third kappa shape index (κ3) is 5.55. The second-order valence-corrected chi connectivity index (χ2v) is 10.0. The van der Waals surface area contributed by atoms with E-state index in [0.29, 0.717) is 30.8 Å². The second kappa shape index (κ2) is 11.1. The molecule has 0 spiro atoms. The fraction of sp³-hybridized carbons (Fsp3) is 0.345. The highest BCUT2D eigenvalue weighted by Gasteiger charge is 2.30. The molecule has 2 bridgehead atoms. The summed E-state index contributed by atoms with van der Waals surface area (Å²) >= 11 is 0. The number of carbonyl (C=O) groups excluding carboxylic acids is 3. The molecule has 3 amide bonds. The molecule has 0 saturated carbocycles. The number of carbonyl (C=O) groups is 3. The van der Waals surface area contributed by atoms with Crippen LogP contribution in [0.4, 0.5) is 16.2 Å². The molecule has 0 aliphatic carbocycles. The Morgan fingerprint density at radius 2 is 2.03 bits per heavy atom. The van der Waals surface area contributed by atoms with Crippen LogP contribution in [-0.4, -0.2) is 51.0 Å². The smallest absolute Gasteiger partial charge is 0.411 e. The SMILES string of the molecule is COC(=O)Nc1ccc2c(c1)NC(=O)[C@H](C)CCC[C@H](N1CCC(c3cncn3C)=CC1=O)c1cc-2ccn1. The molecule has 202 valence electrons. The first-order valence-corrected chi connectivity index (χ1v) is 13.1. The van der Waals surface area contributed by atoms with Crippen molar-refractivity contribution in [1.82, 2.24) is 19.4 Å². The van der Waals surface area contributed by atoms with Crippen molar-refractivity contribution in [2.24, 2.45) is 13.0 Å². The van der Waals surface area contributed by atoms with E-state index in [4.69, 9.17) is 9.72 Å². The number of hydrogen-bond donors (Lipinski definition) is 2. The first-order valence-electron chi connectivity index (χ1n) is 13.1. The number of aryl methyl sites for hydroxylation is 1. The zero-order valence-electron chi connectivity index (χ0n) is 22.3. The summed E-state index contributed by atoms with van der Waals surface area (Å²) in [4.78, 5) is 49.1. The van der Waals surface area contributed by atoms with Crippen LogP contribution < -0.4 is 10.6 Å². The lowest BCUT2D eigenvalue weighted by Crippen LogP contribution is -2.38. The van der Waals surface area contributed by atoms with Gasteiger partial charge in [0.05, 0.1) is 42.8 Å². The van der Waals surface area contributed by atoms with Gasteiger partial charge in [0.2, 0.25) is 11.8 Å². The summed E-state index contributed by atoms with van der Waals surface area (Å²) in [6, 6.07) is 8.97. The average molecular weight is 529 g/mol. The Bertz CT molecular complexity index is 1450. The maximum Gasteiger partial charge on any atom is 0.411 e. The third-order valence-electron chi connectivity index (χ3n) is 7.43. The molecule has 2 aliphatic rings. The molecule has 5 rings (SSSR count). The molecule has 10 heteroatoms. The van der Waals surface area contributed by atoms with E-state index in [9.17, 15) is 14.4 Å². The average Bonchev–Trinajstić information content (AvgIpc) is 3.36. The van der Waals surface area contributed by atoms with Gasteiger partial charge in [-0.05, 0) is 54.7 Å². The van der Waals surface area contributed by atoms with Gasteiger partial charge in [0, 0.05) is 43.0 Å². The topological polar surface area (TPSA) is 118 Å². The molecule has 2 atom stereocenters. The maximum absolute atomic E-state index is 13.4. The number of fused-ring (bicyclic) bond motifs is 4. The number of amides is 3. The van der Waals surface area contributed by atoms with Crippen molar-refractivity contribution in [2.45, 2.75) is 38.6 Å². The highest BCUT2D eigenvalue weighted by molar-refractivity contribution is 5.99. The summed E-state index contributed by atoms with van der Waals surface area (Å²) in [6.45, 7) is 2.47. The third-order valence-corrected chi connectivity index (χ3v) is 7.43. The van der Waals surface area contributed by atoms with Crippen molar-refractivity contribution in [3.63, 3.8) is 0 Å². The molecule has 0 unspecified atom stereocenters. The molecule has 4 heterocycles. The highest BCUT2D eigenvalue weighted by Crippen LogP contribution is 2.36. The van der Waals surface area contributed by atoms with Gasteiger partial charge < -0.3 is 19.5 Å². The minimum atomic E-state index is -0.594. The second-order valence-electron chi connectivity index (χ2n) is 10.0. The number of anilines is 2. The molecule has 2 N–H and O–H groups in total. The number of imidazole rings is 1. The Labute approximate surface area is 227 Å². The van der Waals surface area contributed by atoms with E-state index in [2.05, 4.69) is 15.6 Å². The molecule has 2 aliphatic heterocycles. The number of hydrogen-bond acceptors (Lipinski definition) is 6. The van der Waals surface area contributed by atoms with Crippen molar-refractivity contribution in [3.8, 4) is 11.1 Å². The fourth-order valence-corrected chi connectivity index (χ4v) is 5.25. The van der Waals surface area contributed by atoms with Crippen LogP contribution in [0.1, 0.15) is 50.0 Å². The minimum Gasteiger partial charge on any atom is -0.453 e. The normalized spacial score (nSPS) is 19.7. The zero-order chi connectivity index (χ0) is 27.5. The standard InChI is InChI=1S/C29H32N6O4/c1-18-5-4-6-25(35-12-10-20(14-27(35)36)26-16-30-17-34(26)2)24-13-19(9-11-31-24)22-8-7-21(32-29(38)39-3)15-23(22)33-28(18)37/h7-9,11,13-18,25H,4-6,10,12H2,1-3H3,(H,32,38)(H,33,37)/t18-,25+/m1/s1. The Kier molecular flexibility index (Phi) is 7.44. The predicted octanol–water partition coefficient (Wildman–Crippen LogP) is 4.78. The fourth-order valence-electron chi connectivity index (χ4n) is 5.25. The number of nitrogens with zero attached hydrogens (tertiary/aromatic N) is 4. The van der Waals surface area contributed by atoms with Crippen molar-refractivity contribution in [1.29, 1.82) is 0 Å². The molecule has 3 aromatic rings. The molecule has 39 heavy (non-hydrogen) atoms. The summed E-state index contributed by atoms with van der Waals surface area (Å²) in [5.41, 5.74) is 5.45. The molecular weight excluding hydrogens is 496 g/mol. The summed E-state index contributed by atoms with van der Waals surface area (Å²) in [6.07, 6.45) is 9.21.